The summed E-state index contributed by atoms with van der Waals surface area (Å²) >= 11 is 0. The summed E-state index contributed by atoms with van der Waals surface area (Å²) in [5.74, 6) is 2.56. The lowest BCUT2D eigenvalue weighted by Crippen LogP contribution is -2.49. The molecule has 6 aliphatic rings. The summed E-state index contributed by atoms with van der Waals surface area (Å²) in [5.41, 5.74) is 4.22. The van der Waals surface area contributed by atoms with Gasteiger partial charge in [0, 0.05) is 16.7 Å². The normalized spacial score (nSPS) is 50.4. The van der Waals surface area contributed by atoms with Gasteiger partial charge in [0.05, 0.1) is 25.4 Å². The van der Waals surface area contributed by atoms with Crippen molar-refractivity contribution in [1.82, 2.24) is 0 Å². The summed E-state index contributed by atoms with van der Waals surface area (Å²) in [6, 6.07) is 0. The van der Waals surface area contributed by atoms with Gasteiger partial charge in [-0.1, -0.05) is 57.9 Å². The van der Waals surface area contributed by atoms with Crippen molar-refractivity contribution in [3.05, 3.63) is 23.3 Å². The van der Waals surface area contributed by atoms with Crippen LogP contribution in [0, 0.1) is 39.9 Å². The fourth-order valence-corrected chi connectivity index (χ4v) is 8.50. The zero-order valence-electron chi connectivity index (χ0n) is 19.6. The molecule has 2 saturated heterocycles. The molecule has 8 atom stereocenters. The lowest BCUT2D eigenvalue weighted by molar-refractivity contribution is -0.252. The Morgan fingerprint density at radius 3 is 2.47 bits per heavy atom. The number of hydrogen-bond donors (Lipinski definition) is 0. The van der Waals surface area contributed by atoms with Crippen LogP contribution in [0.2, 0.25) is 0 Å². The van der Waals surface area contributed by atoms with Crippen LogP contribution in [0.4, 0.5) is 0 Å². The minimum absolute atomic E-state index is 0.0281. The molecule has 0 bridgehead atoms. The molecule has 0 aromatic heterocycles. The molecule has 3 unspecified atom stereocenters. The fraction of sp³-hybridized carbons (Fsp3) is 0.852. The van der Waals surface area contributed by atoms with E-state index in [1.54, 1.807) is 11.1 Å². The topological polar surface area (TPSA) is 31.0 Å². The average Bonchev–Trinajstić information content (AvgIpc) is 3.42. The van der Waals surface area contributed by atoms with E-state index in [4.69, 9.17) is 14.2 Å². The highest BCUT2D eigenvalue weighted by atomic mass is 16.7. The Morgan fingerprint density at radius 2 is 1.70 bits per heavy atom. The minimum Gasteiger partial charge on any atom is -0.369 e. The molecule has 0 spiro atoms. The Bertz CT molecular complexity index is 786. The van der Waals surface area contributed by atoms with Crippen LogP contribution in [-0.2, 0) is 14.2 Å². The van der Waals surface area contributed by atoms with Crippen molar-refractivity contribution in [1.29, 1.82) is 0 Å². The van der Waals surface area contributed by atoms with Gasteiger partial charge >= 0.3 is 0 Å². The van der Waals surface area contributed by atoms with E-state index in [0.717, 1.165) is 19.1 Å². The van der Waals surface area contributed by atoms with Crippen molar-refractivity contribution in [3.8, 4) is 0 Å². The molecule has 0 N–H and O–H groups in total. The van der Waals surface area contributed by atoms with Crippen molar-refractivity contribution in [3.63, 3.8) is 0 Å². The van der Waals surface area contributed by atoms with E-state index >= 15 is 0 Å². The van der Waals surface area contributed by atoms with E-state index in [0.29, 0.717) is 35.4 Å². The zero-order chi connectivity index (χ0) is 20.9. The van der Waals surface area contributed by atoms with Gasteiger partial charge in [-0.15, -0.1) is 0 Å². The van der Waals surface area contributed by atoms with Gasteiger partial charge in [0.1, 0.15) is 0 Å². The second kappa shape index (κ2) is 6.45. The number of hydrogen-bond acceptors (Lipinski definition) is 3. The van der Waals surface area contributed by atoms with Gasteiger partial charge in [-0.05, 0) is 61.7 Å². The molecule has 3 saturated carbocycles. The molecule has 5 fully saturated rings. The third-order valence-corrected chi connectivity index (χ3v) is 10.3. The van der Waals surface area contributed by atoms with Crippen molar-refractivity contribution in [2.24, 2.45) is 39.9 Å². The number of allylic oxidation sites excluding steroid dienone is 3. The first-order valence-electron chi connectivity index (χ1n) is 12.5. The maximum Gasteiger partial charge on any atom is 0.160 e. The van der Waals surface area contributed by atoms with Gasteiger partial charge in [-0.25, -0.2) is 0 Å². The summed E-state index contributed by atoms with van der Waals surface area (Å²) in [6.45, 7) is 13.6. The van der Waals surface area contributed by atoms with Crippen LogP contribution in [0.15, 0.2) is 23.3 Å². The summed E-state index contributed by atoms with van der Waals surface area (Å²) < 4.78 is 18.7. The lowest BCUT2D eigenvalue weighted by Gasteiger charge is -2.54. The molecule has 3 nitrogen and oxygen atoms in total. The quantitative estimate of drug-likeness (QED) is 0.529. The number of rotatable bonds is 2. The number of epoxide rings is 1. The average molecular weight is 413 g/mol. The van der Waals surface area contributed by atoms with Crippen molar-refractivity contribution < 1.29 is 14.2 Å². The van der Waals surface area contributed by atoms with Gasteiger partial charge < -0.3 is 14.2 Å². The van der Waals surface area contributed by atoms with Gasteiger partial charge in [0.25, 0.3) is 0 Å². The molecule has 4 aliphatic carbocycles. The van der Waals surface area contributed by atoms with E-state index in [1.807, 2.05) is 0 Å². The SMILES string of the molecule is CC(C1OCC(C)(C)CO1)[C@H]1CC[C@H]2C3=CC=C4CCC5OC5[C@]4(C)[C@H]3CC[C@]12C. The molecule has 2 aliphatic heterocycles. The van der Waals surface area contributed by atoms with Crippen molar-refractivity contribution in [2.75, 3.05) is 13.2 Å². The first-order chi connectivity index (χ1) is 14.2. The Labute approximate surface area is 182 Å². The summed E-state index contributed by atoms with van der Waals surface area (Å²) in [4.78, 5) is 0. The Balaban J connectivity index is 1.25. The summed E-state index contributed by atoms with van der Waals surface area (Å²) in [5, 5.41) is 0. The first kappa shape index (κ1) is 20.0. The van der Waals surface area contributed by atoms with E-state index in [1.165, 1.54) is 38.5 Å². The Hall–Kier alpha value is -0.640. The molecule has 3 heteroatoms. The monoisotopic (exact) mass is 412 g/mol. The third kappa shape index (κ3) is 2.67. The molecule has 30 heavy (non-hydrogen) atoms. The van der Waals surface area contributed by atoms with Crippen LogP contribution in [0.25, 0.3) is 0 Å². The van der Waals surface area contributed by atoms with E-state index in [-0.39, 0.29) is 17.1 Å². The summed E-state index contributed by atoms with van der Waals surface area (Å²) in [7, 11) is 0. The minimum atomic E-state index is -0.0281. The predicted molar refractivity (Wildman–Crippen MR) is 118 cm³/mol. The molecule has 0 aromatic rings. The molecule has 2 heterocycles. The second-order valence-electron chi connectivity index (χ2n) is 12.6. The fourth-order valence-electron chi connectivity index (χ4n) is 8.50. The van der Waals surface area contributed by atoms with Crippen LogP contribution in [0.1, 0.15) is 73.1 Å². The highest BCUT2D eigenvalue weighted by molar-refractivity contribution is 5.41. The lowest BCUT2D eigenvalue weighted by atomic mass is 9.50. The van der Waals surface area contributed by atoms with Crippen molar-refractivity contribution in [2.45, 2.75) is 91.6 Å². The smallest absolute Gasteiger partial charge is 0.160 e. The number of ether oxygens (including phenoxy) is 3. The van der Waals surface area contributed by atoms with Gasteiger partial charge in [-0.2, -0.15) is 0 Å². The second-order valence-corrected chi connectivity index (χ2v) is 12.6. The molecular weight excluding hydrogens is 372 g/mol. The van der Waals surface area contributed by atoms with Crippen LogP contribution in [0.5, 0.6) is 0 Å². The standard InChI is InChI=1S/C27H40O3/c1-16(24-28-14-25(2,3)15-29-24)19-9-10-20-18-8-6-17-7-11-22-23(30-22)27(17,5)21(18)12-13-26(19,20)4/h6,8,16,19-24H,7,9-15H2,1-5H3/t16?,19-,20+,21+,22?,23?,26-,27+/m1/s1. The maximum absolute atomic E-state index is 6.24. The molecular formula is C27H40O3. The molecule has 0 radical (unpaired) electrons. The van der Waals surface area contributed by atoms with Crippen LogP contribution < -0.4 is 0 Å². The van der Waals surface area contributed by atoms with Crippen molar-refractivity contribution >= 4 is 0 Å². The maximum atomic E-state index is 6.24. The van der Waals surface area contributed by atoms with Crippen LogP contribution in [0.3, 0.4) is 0 Å². The Kier molecular flexibility index (Phi) is 4.30. The largest absolute Gasteiger partial charge is 0.369 e. The highest BCUT2D eigenvalue weighted by Gasteiger charge is 2.64. The van der Waals surface area contributed by atoms with E-state index in [2.05, 4.69) is 46.8 Å². The van der Waals surface area contributed by atoms with Crippen LogP contribution >= 0.6 is 0 Å². The third-order valence-electron chi connectivity index (χ3n) is 10.3. The first-order valence-corrected chi connectivity index (χ1v) is 12.5. The van der Waals surface area contributed by atoms with Gasteiger partial charge in [-0.3, -0.25) is 0 Å². The highest BCUT2D eigenvalue weighted by Crippen LogP contribution is 2.68. The molecule has 166 valence electrons. The summed E-state index contributed by atoms with van der Waals surface area (Å²) in [6.07, 6.45) is 13.8. The number of fused-ring (bicyclic) bond motifs is 7. The van der Waals surface area contributed by atoms with E-state index in [9.17, 15) is 0 Å². The van der Waals surface area contributed by atoms with Gasteiger partial charge in [0.2, 0.25) is 0 Å². The molecule has 6 rings (SSSR count). The zero-order valence-corrected chi connectivity index (χ0v) is 19.6. The predicted octanol–water partition coefficient (Wildman–Crippen LogP) is 5.90. The molecule has 0 aromatic carbocycles. The van der Waals surface area contributed by atoms with E-state index < -0.39 is 0 Å². The van der Waals surface area contributed by atoms with Gasteiger partial charge in [0.15, 0.2) is 6.29 Å². The Morgan fingerprint density at radius 1 is 0.933 bits per heavy atom. The molecule has 0 amide bonds. The van der Waals surface area contributed by atoms with Crippen LogP contribution in [-0.4, -0.2) is 31.7 Å².